The first kappa shape index (κ1) is 9.88. The van der Waals surface area contributed by atoms with Gasteiger partial charge in [0.2, 0.25) is 0 Å². The molecule has 0 aromatic heterocycles. The standard InChI is InChI=1S/C8H17.Bi/c1-4-6-7-8(3)5-2;/h8H,3-7H2,1-2H3;. The van der Waals surface area contributed by atoms with Gasteiger partial charge in [0.05, 0.1) is 0 Å². The van der Waals surface area contributed by atoms with E-state index in [9.17, 15) is 0 Å². The Balaban J connectivity index is 3.09. The van der Waals surface area contributed by atoms with Crippen molar-refractivity contribution in [3.05, 3.63) is 0 Å². The van der Waals surface area contributed by atoms with Crippen LogP contribution < -0.4 is 0 Å². The van der Waals surface area contributed by atoms with Gasteiger partial charge < -0.3 is 0 Å². The first-order valence-corrected chi connectivity index (χ1v) is 6.41. The van der Waals surface area contributed by atoms with Crippen LogP contribution in [-0.2, 0) is 0 Å². The van der Waals surface area contributed by atoms with Crippen molar-refractivity contribution >= 4 is 24.7 Å². The Kier molecular flexibility index (Phi) is 7.68. The van der Waals surface area contributed by atoms with Crippen molar-refractivity contribution in [3.63, 3.8) is 0 Å². The molecule has 0 aromatic carbocycles. The Labute approximate surface area is 74.3 Å². The molecule has 54 valence electrons. The molecular formula is C8H17Bi. The summed E-state index contributed by atoms with van der Waals surface area (Å²) in [6, 6.07) is 0. The van der Waals surface area contributed by atoms with Crippen molar-refractivity contribution in [3.8, 4) is 0 Å². The Morgan fingerprint density at radius 2 is 2.00 bits per heavy atom. The average molecular weight is 322 g/mol. The molecule has 0 saturated heterocycles. The molecule has 0 saturated carbocycles. The molecule has 2 radical (unpaired) electrons. The van der Waals surface area contributed by atoms with Gasteiger partial charge in [0.15, 0.2) is 0 Å². The van der Waals surface area contributed by atoms with Crippen molar-refractivity contribution in [2.45, 2.75) is 43.7 Å². The van der Waals surface area contributed by atoms with Gasteiger partial charge >= 0.3 is 74.3 Å². The zero-order valence-electron chi connectivity index (χ0n) is 6.56. The third-order valence-corrected chi connectivity index (χ3v) is 3.81. The Hall–Kier alpha value is 0.883. The fourth-order valence-corrected chi connectivity index (χ4v) is 2.63. The van der Waals surface area contributed by atoms with E-state index in [-0.39, 0.29) is 0 Å². The van der Waals surface area contributed by atoms with Gasteiger partial charge in [-0.05, 0) is 0 Å². The molecule has 0 spiro atoms. The minimum absolute atomic E-state index is 1.05. The Morgan fingerprint density at radius 1 is 1.33 bits per heavy atom. The Morgan fingerprint density at radius 3 is 2.33 bits per heavy atom. The summed E-state index contributed by atoms with van der Waals surface area (Å²) in [7, 11) is 0. The van der Waals surface area contributed by atoms with Crippen LogP contribution in [0.1, 0.15) is 39.5 Å². The second-order valence-electron chi connectivity index (χ2n) is 2.60. The van der Waals surface area contributed by atoms with E-state index >= 15 is 0 Å². The van der Waals surface area contributed by atoms with Crippen LogP contribution in [0.2, 0.25) is 4.13 Å². The van der Waals surface area contributed by atoms with Gasteiger partial charge in [0.1, 0.15) is 0 Å². The van der Waals surface area contributed by atoms with Crippen LogP contribution in [0.4, 0.5) is 0 Å². The normalized spacial score (nSPS) is 13.7. The van der Waals surface area contributed by atoms with Crippen LogP contribution >= 0.6 is 0 Å². The maximum absolute atomic E-state index is 2.31. The van der Waals surface area contributed by atoms with Crippen molar-refractivity contribution < 1.29 is 0 Å². The molecule has 1 atom stereocenters. The third-order valence-electron chi connectivity index (χ3n) is 1.80. The fourth-order valence-electron chi connectivity index (χ4n) is 0.917. The Bertz CT molecular complexity index is 48.5. The number of unbranched alkanes of at least 4 members (excludes halogenated alkanes) is 1. The first-order valence-electron chi connectivity index (χ1n) is 3.96. The molecule has 1 heteroatoms. The molecule has 0 N–H and O–H groups in total. The maximum atomic E-state index is 2.31. The molecule has 0 fully saturated rings. The molecule has 0 rings (SSSR count). The molecule has 0 aliphatic heterocycles. The van der Waals surface area contributed by atoms with E-state index in [1.54, 1.807) is 24.7 Å². The summed E-state index contributed by atoms with van der Waals surface area (Å²) >= 11 is 1.58. The van der Waals surface area contributed by atoms with Gasteiger partial charge in [-0.2, -0.15) is 0 Å². The van der Waals surface area contributed by atoms with Gasteiger partial charge in [0, 0.05) is 0 Å². The van der Waals surface area contributed by atoms with Gasteiger partial charge in [-0.25, -0.2) is 0 Å². The van der Waals surface area contributed by atoms with E-state index in [1.807, 2.05) is 0 Å². The average Bonchev–Trinajstić information content (AvgIpc) is 1.91. The number of hydrogen-bond donors (Lipinski definition) is 0. The summed E-state index contributed by atoms with van der Waals surface area (Å²) < 4.78 is 1.48. The summed E-state index contributed by atoms with van der Waals surface area (Å²) in [4.78, 5) is 0. The summed E-state index contributed by atoms with van der Waals surface area (Å²) in [6.45, 7) is 4.59. The van der Waals surface area contributed by atoms with Gasteiger partial charge in [0.25, 0.3) is 0 Å². The van der Waals surface area contributed by atoms with E-state index in [1.165, 1.54) is 29.8 Å². The molecule has 0 aromatic rings. The van der Waals surface area contributed by atoms with Gasteiger partial charge in [-0.15, -0.1) is 0 Å². The molecule has 0 heterocycles. The van der Waals surface area contributed by atoms with Crippen molar-refractivity contribution in [2.24, 2.45) is 5.92 Å². The molecule has 0 nitrogen and oxygen atoms in total. The molecule has 9 heavy (non-hydrogen) atoms. The summed E-state index contributed by atoms with van der Waals surface area (Å²) in [6.07, 6.45) is 5.69. The van der Waals surface area contributed by atoms with Gasteiger partial charge in [-0.3, -0.25) is 0 Å². The van der Waals surface area contributed by atoms with Crippen LogP contribution in [0, 0.1) is 5.92 Å². The topological polar surface area (TPSA) is 0 Å². The van der Waals surface area contributed by atoms with Crippen LogP contribution in [0.5, 0.6) is 0 Å². The molecule has 0 amide bonds. The van der Waals surface area contributed by atoms with Gasteiger partial charge in [-0.1, -0.05) is 0 Å². The van der Waals surface area contributed by atoms with Crippen LogP contribution in [0.25, 0.3) is 0 Å². The first-order chi connectivity index (χ1) is 4.35. The van der Waals surface area contributed by atoms with Crippen molar-refractivity contribution in [2.75, 3.05) is 0 Å². The van der Waals surface area contributed by atoms with E-state index < -0.39 is 0 Å². The fraction of sp³-hybridized carbons (Fsp3) is 1.00. The van der Waals surface area contributed by atoms with Crippen LogP contribution in [-0.4, -0.2) is 24.7 Å². The summed E-state index contributed by atoms with van der Waals surface area (Å²) in [5, 5.41) is 0. The van der Waals surface area contributed by atoms with E-state index in [2.05, 4.69) is 13.8 Å². The van der Waals surface area contributed by atoms with Crippen LogP contribution in [0.3, 0.4) is 0 Å². The van der Waals surface area contributed by atoms with Crippen molar-refractivity contribution in [1.29, 1.82) is 0 Å². The molecule has 0 aliphatic rings. The summed E-state index contributed by atoms with van der Waals surface area (Å²) in [5.41, 5.74) is 0. The molecular weight excluding hydrogens is 305 g/mol. The molecule has 0 aliphatic carbocycles. The second kappa shape index (κ2) is 7.00. The monoisotopic (exact) mass is 322 g/mol. The summed E-state index contributed by atoms with van der Waals surface area (Å²) in [5.74, 6) is 1.05. The van der Waals surface area contributed by atoms with E-state index in [4.69, 9.17) is 0 Å². The number of hydrogen-bond acceptors (Lipinski definition) is 0. The number of rotatable bonds is 5. The van der Waals surface area contributed by atoms with E-state index in [0.717, 1.165) is 5.92 Å². The molecule has 0 bridgehead atoms. The minimum atomic E-state index is 1.05. The quantitative estimate of drug-likeness (QED) is 0.683. The molecule has 1 unspecified atom stereocenters. The predicted octanol–water partition coefficient (Wildman–Crippen LogP) is 2.79. The third kappa shape index (κ3) is 5.33. The SMILES string of the molecule is CCCCC(CC)[CH2][Bi]. The predicted molar refractivity (Wildman–Crippen MR) is 43.9 cm³/mol. The van der Waals surface area contributed by atoms with E-state index in [0.29, 0.717) is 0 Å². The van der Waals surface area contributed by atoms with Crippen molar-refractivity contribution in [1.82, 2.24) is 0 Å². The second-order valence-corrected chi connectivity index (χ2v) is 4.02. The zero-order chi connectivity index (χ0) is 7.11. The zero-order valence-corrected chi connectivity index (χ0v) is 10.0. The van der Waals surface area contributed by atoms with Crippen LogP contribution in [0.15, 0.2) is 0 Å².